The molecule has 1 saturated carbocycles. The minimum absolute atomic E-state index is 0. The molecule has 0 unspecified atom stereocenters. The molecule has 2 aromatic heterocycles. The van der Waals surface area contributed by atoms with Crippen LogP contribution in [0.2, 0.25) is 0 Å². The van der Waals surface area contributed by atoms with Crippen LogP contribution in [0.1, 0.15) is 139 Å². The van der Waals surface area contributed by atoms with E-state index in [9.17, 15) is 0 Å². The Labute approximate surface area is 514 Å². The second-order valence-electron chi connectivity index (χ2n) is 24.3. The van der Waals surface area contributed by atoms with E-state index in [2.05, 4.69) is 253 Å². The molecule has 0 spiro atoms. The molecule has 0 bridgehead atoms. The summed E-state index contributed by atoms with van der Waals surface area (Å²) in [7, 11) is 0. The van der Waals surface area contributed by atoms with Crippen LogP contribution in [0.3, 0.4) is 0 Å². The molecule has 0 amide bonds. The van der Waals surface area contributed by atoms with Crippen molar-refractivity contribution in [3.05, 3.63) is 240 Å². The van der Waals surface area contributed by atoms with Gasteiger partial charge < -0.3 is 13.9 Å². The van der Waals surface area contributed by atoms with Crippen molar-refractivity contribution in [3.8, 4) is 79.0 Å². The Morgan fingerprint density at radius 1 is 0.447 bits per heavy atom. The fourth-order valence-electron chi connectivity index (χ4n) is 13.0. The molecule has 5 nitrogen and oxygen atoms in total. The third-order valence-electron chi connectivity index (χ3n) is 17.3. The average Bonchev–Trinajstić information content (AvgIpc) is 1.85. The first-order chi connectivity index (χ1) is 40.8. The van der Waals surface area contributed by atoms with Crippen LogP contribution < -0.4 is 4.74 Å². The van der Waals surface area contributed by atoms with E-state index in [-0.39, 0.29) is 44.7 Å². The van der Waals surface area contributed by atoms with Crippen molar-refractivity contribution in [1.82, 2.24) is 19.1 Å². The topological polar surface area (TPSA) is 44.9 Å². The van der Waals surface area contributed by atoms with Gasteiger partial charge in [-0.3, -0.25) is 9.97 Å². The molecule has 0 aliphatic heterocycles. The van der Waals surface area contributed by atoms with Gasteiger partial charge in [0.1, 0.15) is 5.67 Å². The van der Waals surface area contributed by atoms with Crippen LogP contribution in [-0.4, -0.2) is 19.1 Å². The van der Waals surface area contributed by atoms with Gasteiger partial charge in [0, 0.05) is 28.4 Å². The Hall–Kier alpha value is -8.18. The number of imidazole rings is 2. The molecule has 0 N–H and O–H groups in total. The second-order valence-corrected chi connectivity index (χ2v) is 24.3. The number of alkyl halides is 1. The van der Waals surface area contributed by atoms with E-state index in [0.717, 1.165) is 103 Å². The Morgan fingerprint density at radius 3 is 1.55 bits per heavy atom. The molecule has 10 aromatic carbocycles. The van der Waals surface area contributed by atoms with Crippen molar-refractivity contribution in [2.45, 2.75) is 117 Å². The van der Waals surface area contributed by atoms with E-state index in [1.807, 2.05) is 24.3 Å². The molecule has 426 valence electrons. The van der Waals surface area contributed by atoms with Gasteiger partial charge in [0.15, 0.2) is 0 Å². The van der Waals surface area contributed by atoms with Crippen molar-refractivity contribution in [2.75, 3.05) is 0 Å². The molecular weight excluding hydrogens is 1220 g/mol. The van der Waals surface area contributed by atoms with Gasteiger partial charge in [-0.1, -0.05) is 230 Å². The smallest absolute Gasteiger partial charge is 0.497 e. The van der Waals surface area contributed by atoms with E-state index in [1.165, 1.54) is 33.4 Å². The van der Waals surface area contributed by atoms with Crippen LogP contribution >= 0.6 is 0 Å². The molecule has 13 rings (SSSR count). The molecule has 0 saturated heterocycles. The van der Waals surface area contributed by atoms with Crippen LogP contribution in [-0.2, 0) is 26.7 Å². The fourth-order valence-corrected chi connectivity index (χ4v) is 13.0. The monoisotopic (exact) mass is 1290 g/mol. The summed E-state index contributed by atoms with van der Waals surface area (Å²) in [6, 6.07) is 78.1. The number of rotatable bonds is 14. The van der Waals surface area contributed by atoms with Gasteiger partial charge >= 0.3 is 21.1 Å². The van der Waals surface area contributed by atoms with E-state index >= 15 is 4.39 Å². The standard InChI is InChI=1S/C78H71FN4O.Pt/c1-49(2)64-44-59(54-26-14-10-15-27-54)45-65(50(3)4)73(64)82-72-35-19-18-33-70(72)80-76(82)58-29-22-30-61(43-58)84-62-42-57-28-16-17-31-63(57)68(48-62)77-81-71-34-23-32-69(78(79)40-20-11-21-41-78)75(71)83(77)74-66(51(5)6)46-60(47-67(74)52(7)8)56-38-36-55(37-39-56)53-24-12-9-13-25-53;/h9-10,12-19,22-39,42,44-47,49-52H,11,20-21,40-41H2,1-8H3;/q-2;+2. The van der Waals surface area contributed by atoms with Gasteiger partial charge in [-0.2, -0.15) is 0 Å². The number of aromatic nitrogens is 4. The number of hydrogen-bond acceptors (Lipinski definition) is 3. The third-order valence-corrected chi connectivity index (χ3v) is 17.3. The van der Waals surface area contributed by atoms with E-state index in [1.54, 1.807) is 0 Å². The summed E-state index contributed by atoms with van der Waals surface area (Å²) >= 11 is 0. The molecule has 85 heavy (non-hydrogen) atoms. The van der Waals surface area contributed by atoms with Crippen LogP contribution in [0.4, 0.5) is 4.39 Å². The first kappa shape index (κ1) is 57.3. The quantitative estimate of drug-likeness (QED) is 0.102. The molecule has 12 aromatic rings. The van der Waals surface area contributed by atoms with E-state index < -0.39 is 5.67 Å². The molecule has 7 heteroatoms. The van der Waals surface area contributed by atoms with Crippen molar-refractivity contribution in [1.29, 1.82) is 0 Å². The maximum atomic E-state index is 18.1. The largest absolute Gasteiger partial charge is 2.00 e. The van der Waals surface area contributed by atoms with Crippen LogP contribution in [0.15, 0.2) is 200 Å². The maximum Gasteiger partial charge on any atom is 2.00 e. The number of hydrogen-bond donors (Lipinski definition) is 0. The van der Waals surface area contributed by atoms with Gasteiger partial charge in [0.25, 0.3) is 0 Å². The number of halogens is 1. The number of fused-ring (bicyclic) bond motifs is 3. The van der Waals surface area contributed by atoms with Crippen molar-refractivity contribution < 1.29 is 30.2 Å². The van der Waals surface area contributed by atoms with Crippen LogP contribution in [0.25, 0.3) is 100 Å². The fraction of sp³-hybridized carbons (Fsp3) is 0.231. The Morgan fingerprint density at radius 2 is 0.941 bits per heavy atom. The number of para-hydroxylation sites is 3. The summed E-state index contributed by atoms with van der Waals surface area (Å²) in [5.41, 5.74) is 18.3. The average molecular weight is 1290 g/mol. The molecule has 1 fully saturated rings. The Bertz CT molecular complexity index is 4340. The SMILES string of the molecule is CC(C)c1cc(-c2ccccc2)cc(C(C)C)c1-n1c(-c2[c-]c(Oc3[c-]c(-c4nc5cccc(C6(F)CCCCC6)c5n4-c4c(C(C)C)cc(-c5ccc(-c6ccccc6)cc5)cc4C(C)C)c4ccccc4c3)ccc2)nc2ccccc21.[Pt+2]. The van der Waals surface area contributed by atoms with Crippen molar-refractivity contribution in [2.24, 2.45) is 0 Å². The molecular formula is C78H71FN4OPt. The predicted molar refractivity (Wildman–Crippen MR) is 347 cm³/mol. The molecule has 2 heterocycles. The Balaban J connectivity index is 0.00000709. The first-order valence-electron chi connectivity index (χ1n) is 30.2. The molecule has 1 aliphatic rings. The minimum Gasteiger partial charge on any atom is -0.497 e. The normalized spacial score (nSPS) is 13.4. The first-order valence-corrected chi connectivity index (χ1v) is 30.2. The predicted octanol–water partition coefficient (Wildman–Crippen LogP) is 21.9. The molecule has 0 atom stereocenters. The minimum atomic E-state index is -1.51. The number of benzene rings is 10. The zero-order valence-corrected chi connectivity index (χ0v) is 52.1. The van der Waals surface area contributed by atoms with Gasteiger partial charge in [-0.05, 0) is 147 Å². The van der Waals surface area contributed by atoms with Gasteiger partial charge in [0.05, 0.1) is 33.7 Å². The van der Waals surface area contributed by atoms with Crippen LogP contribution in [0.5, 0.6) is 11.5 Å². The third kappa shape index (κ3) is 10.8. The van der Waals surface area contributed by atoms with Gasteiger partial charge in [0.2, 0.25) is 0 Å². The second kappa shape index (κ2) is 23.7. The zero-order chi connectivity index (χ0) is 57.8. The van der Waals surface area contributed by atoms with Gasteiger partial charge in [-0.25, -0.2) is 4.39 Å². The molecule has 1 aliphatic carbocycles. The summed E-state index contributed by atoms with van der Waals surface area (Å²) in [5.74, 6) is 3.15. The number of ether oxygens (including phenoxy) is 1. The summed E-state index contributed by atoms with van der Waals surface area (Å²) < 4.78 is 29.8. The van der Waals surface area contributed by atoms with Crippen LogP contribution in [0, 0.1) is 12.1 Å². The number of nitrogens with zero attached hydrogens (tertiary/aromatic N) is 4. The van der Waals surface area contributed by atoms with Gasteiger partial charge in [-0.15, -0.1) is 23.8 Å². The summed E-state index contributed by atoms with van der Waals surface area (Å²) in [6.07, 6.45) is 3.66. The maximum absolute atomic E-state index is 18.1. The zero-order valence-electron chi connectivity index (χ0n) is 49.8. The summed E-state index contributed by atoms with van der Waals surface area (Å²) in [5, 5.41) is 1.94. The van der Waals surface area contributed by atoms with Crippen molar-refractivity contribution in [3.63, 3.8) is 0 Å². The van der Waals surface area contributed by atoms with E-state index in [0.29, 0.717) is 35.7 Å². The molecule has 0 radical (unpaired) electrons. The van der Waals surface area contributed by atoms with Crippen molar-refractivity contribution >= 4 is 32.8 Å². The van der Waals surface area contributed by atoms with E-state index in [4.69, 9.17) is 14.7 Å². The summed E-state index contributed by atoms with van der Waals surface area (Å²) in [4.78, 5) is 11.0. The summed E-state index contributed by atoms with van der Waals surface area (Å²) in [6.45, 7) is 18.2. The Kier molecular flexibility index (Phi) is 16.0.